The van der Waals surface area contributed by atoms with Crippen molar-refractivity contribution in [3.63, 3.8) is 0 Å². The van der Waals surface area contributed by atoms with E-state index >= 15 is 0 Å². The van der Waals surface area contributed by atoms with Crippen molar-refractivity contribution in [3.8, 4) is 11.1 Å². The Morgan fingerprint density at radius 2 is 1.44 bits per heavy atom. The predicted molar refractivity (Wildman–Crippen MR) is 69.9 cm³/mol. The highest BCUT2D eigenvalue weighted by Crippen LogP contribution is 2.34. The molecule has 0 aliphatic heterocycles. The summed E-state index contributed by atoms with van der Waals surface area (Å²) in [6, 6.07) is 11.3. The lowest BCUT2D eigenvalue weighted by atomic mass is 9.99. The number of nitrogens with two attached hydrogens (primary N) is 3. The minimum absolute atomic E-state index is 0.688. The van der Waals surface area contributed by atoms with Crippen LogP contribution in [0.3, 0.4) is 0 Å². The average Bonchev–Trinajstić information content (AvgIpc) is 2.27. The molecule has 0 bridgehead atoms. The van der Waals surface area contributed by atoms with Crippen LogP contribution < -0.4 is 17.2 Å². The SMILES string of the molecule is Cc1ccc(N)c(-c2ccc(N)cc2)c1N. The fraction of sp³-hybridized carbons (Fsp3) is 0.0769. The second-order valence-electron chi connectivity index (χ2n) is 3.88. The Morgan fingerprint density at radius 3 is 2.06 bits per heavy atom. The minimum Gasteiger partial charge on any atom is -0.399 e. The number of anilines is 3. The first kappa shape index (κ1) is 10.4. The van der Waals surface area contributed by atoms with Crippen LogP contribution in [0.25, 0.3) is 11.1 Å². The average molecular weight is 213 g/mol. The van der Waals surface area contributed by atoms with Crippen LogP contribution in [0.5, 0.6) is 0 Å². The van der Waals surface area contributed by atoms with E-state index < -0.39 is 0 Å². The number of aryl methyl sites for hydroxylation is 1. The largest absolute Gasteiger partial charge is 0.399 e. The van der Waals surface area contributed by atoms with Crippen LogP contribution in [0.15, 0.2) is 36.4 Å². The van der Waals surface area contributed by atoms with Crippen LogP contribution in [0, 0.1) is 6.92 Å². The fourth-order valence-electron chi connectivity index (χ4n) is 1.71. The molecule has 2 aromatic rings. The monoisotopic (exact) mass is 213 g/mol. The molecule has 3 heteroatoms. The van der Waals surface area contributed by atoms with Gasteiger partial charge in [0.15, 0.2) is 0 Å². The smallest absolute Gasteiger partial charge is 0.0444 e. The second-order valence-corrected chi connectivity index (χ2v) is 3.88. The van der Waals surface area contributed by atoms with Crippen molar-refractivity contribution in [2.45, 2.75) is 6.92 Å². The normalized spacial score (nSPS) is 10.3. The molecule has 0 spiro atoms. The summed E-state index contributed by atoms with van der Waals surface area (Å²) >= 11 is 0. The van der Waals surface area contributed by atoms with Gasteiger partial charge < -0.3 is 17.2 Å². The minimum atomic E-state index is 0.688. The highest BCUT2D eigenvalue weighted by molar-refractivity contribution is 5.88. The highest BCUT2D eigenvalue weighted by Gasteiger charge is 2.08. The predicted octanol–water partition coefficient (Wildman–Crippen LogP) is 2.41. The summed E-state index contributed by atoms with van der Waals surface area (Å²) in [6.07, 6.45) is 0. The number of hydrogen-bond acceptors (Lipinski definition) is 3. The molecule has 0 amide bonds. The Kier molecular flexibility index (Phi) is 2.44. The van der Waals surface area contributed by atoms with Gasteiger partial charge in [-0.05, 0) is 36.2 Å². The van der Waals surface area contributed by atoms with Crippen molar-refractivity contribution in [1.82, 2.24) is 0 Å². The van der Waals surface area contributed by atoms with Crippen LogP contribution in [0.2, 0.25) is 0 Å². The molecule has 0 saturated heterocycles. The van der Waals surface area contributed by atoms with Gasteiger partial charge in [-0.1, -0.05) is 18.2 Å². The van der Waals surface area contributed by atoms with Crippen LogP contribution in [-0.2, 0) is 0 Å². The standard InChI is InChI=1S/C13H15N3/c1-8-2-7-11(15)12(13(8)16)9-3-5-10(14)6-4-9/h2-7H,14-16H2,1H3. The van der Waals surface area contributed by atoms with Gasteiger partial charge >= 0.3 is 0 Å². The summed E-state index contributed by atoms with van der Waals surface area (Å²) in [5, 5.41) is 0. The van der Waals surface area contributed by atoms with Gasteiger partial charge in [-0.2, -0.15) is 0 Å². The van der Waals surface area contributed by atoms with Crippen molar-refractivity contribution >= 4 is 17.1 Å². The van der Waals surface area contributed by atoms with Gasteiger partial charge in [0.1, 0.15) is 0 Å². The third kappa shape index (κ3) is 1.67. The molecule has 2 aromatic carbocycles. The molecule has 6 N–H and O–H groups in total. The van der Waals surface area contributed by atoms with Crippen molar-refractivity contribution in [3.05, 3.63) is 42.0 Å². The number of benzene rings is 2. The topological polar surface area (TPSA) is 78.1 Å². The van der Waals surface area contributed by atoms with Crippen molar-refractivity contribution in [2.75, 3.05) is 17.2 Å². The summed E-state index contributed by atoms with van der Waals surface area (Å²) in [7, 11) is 0. The lowest BCUT2D eigenvalue weighted by Gasteiger charge is -2.12. The van der Waals surface area contributed by atoms with Crippen LogP contribution in [-0.4, -0.2) is 0 Å². The van der Waals surface area contributed by atoms with Crippen molar-refractivity contribution in [1.29, 1.82) is 0 Å². The summed E-state index contributed by atoms with van der Waals surface area (Å²) in [5.41, 5.74) is 22.7. The third-order valence-corrected chi connectivity index (χ3v) is 2.70. The molecule has 3 nitrogen and oxygen atoms in total. The highest BCUT2D eigenvalue weighted by atomic mass is 14.6. The summed E-state index contributed by atoms with van der Waals surface area (Å²) in [6.45, 7) is 1.97. The van der Waals surface area contributed by atoms with E-state index in [2.05, 4.69) is 0 Å². The molecule has 16 heavy (non-hydrogen) atoms. The van der Waals surface area contributed by atoms with Crippen LogP contribution in [0.4, 0.5) is 17.1 Å². The van der Waals surface area contributed by atoms with Gasteiger partial charge in [0.05, 0.1) is 0 Å². The van der Waals surface area contributed by atoms with E-state index in [-0.39, 0.29) is 0 Å². The zero-order chi connectivity index (χ0) is 11.7. The summed E-state index contributed by atoms with van der Waals surface area (Å²) in [4.78, 5) is 0. The van der Waals surface area contributed by atoms with Gasteiger partial charge in [0, 0.05) is 22.6 Å². The van der Waals surface area contributed by atoms with E-state index in [0.29, 0.717) is 5.69 Å². The van der Waals surface area contributed by atoms with E-state index in [9.17, 15) is 0 Å². The summed E-state index contributed by atoms with van der Waals surface area (Å²) in [5.74, 6) is 0. The summed E-state index contributed by atoms with van der Waals surface area (Å²) < 4.78 is 0. The van der Waals surface area contributed by atoms with Gasteiger partial charge in [0.25, 0.3) is 0 Å². The van der Waals surface area contributed by atoms with Crippen molar-refractivity contribution < 1.29 is 0 Å². The van der Waals surface area contributed by atoms with E-state index in [4.69, 9.17) is 17.2 Å². The van der Waals surface area contributed by atoms with Gasteiger partial charge in [-0.25, -0.2) is 0 Å². The van der Waals surface area contributed by atoms with Gasteiger partial charge in [-0.15, -0.1) is 0 Å². The molecule has 82 valence electrons. The Morgan fingerprint density at radius 1 is 0.812 bits per heavy atom. The van der Waals surface area contributed by atoms with Gasteiger partial charge in [0.2, 0.25) is 0 Å². The third-order valence-electron chi connectivity index (χ3n) is 2.70. The molecular formula is C13H15N3. The molecular weight excluding hydrogens is 198 g/mol. The molecule has 0 saturated carbocycles. The molecule has 0 aliphatic carbocycles. The Hall–Kier alpha value is -2.16. The molecule has 0 radical (unpaired) electrons. The van der Waals surface area contributed by atoms with E-state index in [0.717, 1.165) is 28.1 Å². The zero-order valence-corrected chi connectivity index (χ0v) is 9.20. The van der Waals surface area contributed by atoms with Crippen molar-refractivity contribution in [2.24, 2.45) is 0 Å². The quantitative estimate of drug-likeness (QED) is 0.636. The lowest BCUT2D eigenvalue weighted by molar-refractivity contribution is 1.46. The van der Waals surface area contributed by atoms with Crippen LogP contribution in [0.1, 0.15) is 5.56 Å². The molecule has 0 unspecified atom stereocenters. The Balaban J connectivity index is 2.63. The first-order valence-electron chi connectivity index (χ1n) is 5.10. The molecule has 0 aliphatic rings. The maximum Gasteiger partial charge on any atom is 0.0444 e. The number of rotatable bonds is 1. The molecule has 2 rings (SSSR count). The maximum atomic E-state index is 6.04. The first-order valence-corrected chi connectivity index (χ1v) is 5.10. The van der Waals surface area contributed by atoms with E-state index in [1.807, 2.05) is 43.3 Å². The number of hydrogen-bond donors (Lipinski definition) is 3. The molecule has 0 heterocycles. The van der Waals surface area contributed by atoms with E-state index in [1.165, 1.54) is 0 Å². The molecule has 0 fully saturated rings. The zero-order valence-electron chi connectivity index (χ0n) is 9.20. The lowest BCUT2D eigenvalue weighted by Crippen LogP contribution is -1.98. The Bertz CT molecular complexity index is 515. The Labute approximate surface area is 94.9 Å². The molecule has 0 atom stereocenters. The first-order chi connectivity index (χ1) is 7.59. The van der Waals surface area contributed by atoms with E-state index in [1.54, 1.807) is 0 Å². The molecule has 0 aromatic heterocycles. The van der Waals surface area contributed by atoms with Gasteiger partial charge in [-0.3, -0.25) is 0 Å². The maximum absolute atomic E-state index is 6.04. The van der Waals surface area contributed by atoms with Crippen LogP contribution >= 0.6 is 0 Å². The second kappa shape index (κ2) is 3.77. The number of nitrogen functional groups attached to an aromatic ring is 3. The fourth-order valence-corrected chi connectivity index (χ4v) is 1.71.